The molecule has 0 unspecified atom stereocenters. The van der Waals surface area contributed by atoms with E-state index in [1.807, 2.05) is 36.4 Å². The molecule has 3 aromatic rings. The van der Waals surface area contributed by atoms with Gasteiger partial charge in [0.2, 0.25) is 0 Å². The van der Waals surface area contributed by atoms with Gasteiger partial charge < -0.3 is 4.74 Å². The molecule has 3 rings (SSSR count). The molecule has 23 heavy (non-hydrogen) atoms. The molecule has 2 heteroatoms. The summed E-state index contributed by atoms with van der Waals surface area (Å²) in [5.41, 5.74) is 0.632. The Morgan fingerprint density at radius 1 is 0.957 bits per heavy atom. The Morgan fingerprint density at radius 2 is 1.70 bits per heavy atom. The summed E-state index contributed by atoms with van der Waals surface area (Å²) in [6, 6.07) is 18.1. The van der Waals surface area contributed by atoms with Crippen LogP contribution in [0.3, 0.4) is 0 Å². The smallest absolute Gasteiger partial charge is 0.338 e. The molecule has 0 spiro atoms. The zero-order valence-electron chi connectivity index (χ0n) is 13.3. The molecule has 2 nitrogen and oxygen atoms in total. The molecule has 0 atom stereocenters. The molecule has 3 aromatic carbocycles. The third kappa shape index (κ3) is 3.42. The molecule has 0 aliphatic heterocycles. The van der Waals surface area contributed by atoms with Crippen molar-refractivity contribution in [3.05, 3.63) is 72.3 Å². The number of carbonyl (C=O) groups is 1. The van der Waals surface area contributed by atoms with Crippen molar-refractivity contribution < 1.29 is 9.53 Å². The molecule has 0 aliphatic carbocycles. The fourth-order valence-electron chi connectivity index (χ4n) is 2.73. The second-order valence-electron chi connectivity index (χ2n) is 5.53. The van der Waals surface area contributed by atoms with E-state index in [0.717, 1.165) is 29.0 Å². The van der Waals surface area contributed by atoms with Gasteiger partial charge in [-0.3, -0.25) is 0 Å². The fraction of sp³-hybridized carbons (Fsp3) is 0.190. The minimum absolute atomic E-state index is 0.254. The highest BCUT2D eigenvalue weighted by Crippen LogP contribution is 2.26. The van der Waals surface area contributed by atoms with Crippen LogP contribution >= 0.6 is 0 Å². The predicted octanol–water partition coefficient (Wildman–Crippen LogP) is 5.51. The van der Waals surface area contributed by atoms with Gasteiger partial charge >= 0.3 is 5.97 Å². The van der Waals surface area contributed by atoms with Gasteiger partial charge in [-0.1, -0.05) is 55.5 Å². The van der Waals surface area contributed by atoms with E-state index in [0.29, 0.717) is 12.2 Å². The van der Waals surface area contributed by atoms with Crippen molar-refractivity contribution in [1.82, 2.24) is 0 Å². The van der Waals surface area contributed by atoms with Gasteiger partial charge in [-0.25, -0.2) is 4.79 Å². The van der Waals surface area contributed by atoms with Gasteiger partial charge in [-0.2, -0.15) is 0 Å². The van der Waals surface area contributed by atoms with Crippen molar-refractivity contribution in [2.24, 2.45) is 0 Å². The van der Waals surface area contributed by atoms with Gasteiger partial charge in [0, 0.05) is 0 Å². The van der Waals surface area contributed by atoms with Crippen molar-refractivity contribution in [2.75, 3.05) is 6.61 Å². The first-order valence-electron chi connectivity index (χ1n) is 8.03. The zero-order valence-corrected chi connectivity index (χ0v) is 13.3. The van der Waals surface area contributed by atoms with Crippen molar-refractivity contribution >= 4 is 27.5 Å². The summed E-state index contributed by atoms with van der Waals surface area (Å²) in [6.45, 7) is 2.50. The van der Waals surface area contributed by atoms with E-state index in [9.17, 15) is 4.79 Å². The lowest BCUT2D eigenvalue weighted by atomic mass is 10.00. The largest absolute Gasteiger partial charge is 0.462 e. The van der Waals surface area contributed by atoms with Crippen LogP contribution in [0, 0.1) is 0 Å². The molecule has 0 aromatic heterocycles. The number of hydrogen-bond acceptors (Lipinski definition) is 2. The second-order valence-corrected chi connectivity index (χ2v) is 5.53. The highest BCUT2D eigenvalue weighted by Gasteiger charge is 2.11. The molecular weight excluding hydrogens is 284 g/mol. The lowest BCUT2D eigenvalue weighted by molar-refractivity contribution is 0.0514. The number of allylic oxidation sites excluding steroid dienone is 1. The Balaban J connectivity index is 1.89. The van der Waals surface area contributed by atoms with Crippen LogP contribution in [-0.2, 0) is 4.74 Å². The SMILES string of the molecule is CCC=CCCOC(=O)c1cccc2cc3ccccc3cc12. The fourth-order valence-corrected chi connectivity index (χ4v) is 2.73. The first-order valence-corrected chi connectivity index (χ1v) is 8.03. The Labute approximate surface area is 136 Å². The minimum atomic E-state index is -0.254. The molecular formula is C21H20O2. The molecule has 0 amide bonds. The van der Waals surface area contributed by atoms with Crippen molar-refractivity contribution in [3.8, 4) is 0 Å². The lowest BCUT2D eigenvalue weighted by Gasteiger charge is -2.08. The summed E-state index contributed by atoms with van der Waals surface area (Å²) in [6.07, 6.45) is 5.89. The standard InChI is InChI=1S/C21H20O2/c1-2-3-4-7-13-23-21(22)19-12-8-11-18-14-16-9-5-6-10-17(16)15-20(18)19/h3-6,8-12,14-15H,2,7,13H2,1H3. The number of fused-ring (bicyclic) bond motifs is 2. The first-order chi connectivity index (χ1) is 11.3. The summed E-state index contributed by atoms with van der Waals surface area (Å²) in [5, 5.41) is 4.31. The third-order valence-corrected chi connectivity index (χ3v) is 3.89. The molecule has 0 N–H and O–H groups in total. The van der Waals surface area contributed by atoms with E-state index < -0.39 is 0 Å². The highest BCUT2D eigenvalue weighted by atomic mass is 16.5. The van der Waals surface area contributed by atoms with Crippen LogP contribution in [0.1, 0.15) is 30.1 Å². The van der Waals surface area contributed by atoms with Crippen LogP contribution in [-0.4, -0.2) is 12.6 Å². The number of benzene rings is 3. The molecule has 0 radical (unpaired) electrons. The normalized spacial score (nSPS) is 11.3. The van der Waals surface area contributed by atoms with Crippen LogP contribution in [0.15, 0.2) is 66.7 Å². The Hall–Kier alpha value is -2.61. The van der Waals surface area contributed by atoms with Crippen LogP contribution < -0.4 is 0 Å². The van der Waals surface area contributed by atoms with Crippen molar-refractivity contribution in [1.29, 1.82) is 0 Å². The maximum absolute atomic E-state index is 12.4. The maximum atomic E-state index is 12.4. The van der Waals surface area contributed by atoms with Gasteiger partial charge in [-0.15, -0.1) is 0 Å². The van der Waals surface area contributed by atoms with Gasteiger partial charge in [0.1, 0.15) is 0 Å². The van der Waals surface area contributed by atoms with Crippen molar-refractivity contribution in [3.63, 3.8) is 0 Å². The molecule has 0 saturated carbocycles. The second kappa shape index (κ2) is 7.10. The van der Waals surface area contributed by atoms with Gasteiger partial charge in [0.05, 0.1) is 12.2 Å². The molecule has 116 valence electrons. The number of ether oxygens (including phenoxy) is 1. The Morgan fingerprint density at radius 3 is 2.48 bits per heavy atom. The van der Waals surface area contributed by atoms with Crippen LogP contribution in [0.5, 0.6) is 0 Å². The Kier molecular flexibility index (Phi) is 4.72. The van der Waals surface area contributed by atoms with Gasteiger partial charge in [0.15, 0.2) is 0 Å². The number of carbonyl (C=O) groups excluding carboxylic acids is 1. The minimum Gasteiger partial charge on any atom is -0.462 e. The molecule has 0 fully saturated rings. The molecule has 0 bridgehead atoms. The van der Waals surface area contributed by atoms with E-state index in [4.69, 9.17) is 4.74 Å². The van der Waals surface area contributed by atoms with E-state index in [-0.39, 0.29) is 5.97 Å². The topological polar surface area (TPSA) is 26.3 Å². The molecule has 0 saturated heterocycles. The highest BCUT2D eigenvalue weighted by molar-refractivity contribution is 6.08. The van der Waals surface area contributed by atoms with E-state index >= 15 is 0 Å². The number of rotatable bonds is 5. The van der Waals surface area contributed by atoms with E-state index in [1.54, 1.807) is 0 Å². The first kappa shape index (κ1) is 15.3. The zero-order chi connectivity index (χ0) is 16.1. The van der Waals surface area contributed by atoms with Crippen LogP contribution in [0.25, 0.3) is 21.5 Å². The predicted molar refractivity (Wildman–Crippen MR) is 95.8 cm³/mol. The average Bonchev–Trinajstić information content (AvgIpc) is 2.59. The summed E-state index contributed by atoms with van der Waals surface area (Å²) in [4.78, 5) is 12.4. The summed E-state index contributed by atoms with van der Waals surface area (Å²) >= 11 is 0. The van der Waals surface area contributed by atoms with E-state index in [1.165, 1.54) is 5.39 Å². The van der Waals surface area contributed by atoms with Gasteiger partial charge in [-0.05, 0) is 52.6 Å². The van der Waals surface area contributed by atoms with Gasteiger partial charge in [0.25, 0.3) is 0 Å². The average molecular weight is 304 g/mol. The summed E-state index contributed by atoms with van der Waals surface area (Å²) in [7, 11) is 0. The van der Waals surface area contributed by atoms with Crippen LogP contribution in [0.2, 0.25) is 0 Å². The summed E-state index contributed by atoms with van der Waals surface area (Å²) < 4.78 is 5.40. The van der Waals surface area contributed by atoms with E-state index in [2.05, 4.69) is 37.3 Å². The molecule has 0 heterocycles. The Bertz CT molecular complexity index is 862. The quantitative estimate of drug-likeness (QED) is 0.269. The maximum Gasteiger partial charge on any atom is 0.338 e. The lowest BCUT2D eigenvalue weighted by Crippen LogP contribution is -2.06. The molecule has 0 aliphatic rings. The van der Waals surface area contributed by atoms with Crippen molar-refractivity contribution in [2.45, 2.75) is 19.8 Å². The number of hydrogen-bond donors (Lipinski definition) is 0. The monoisotopic (exact) mass is 304 g/mol. The summed E-state index contributed by atoms with van der Waals surface area (Å²) in [5.74, 6) is -0.254. The third-order valence-electron chi connectivity index (χ3n) is 3.89. The van der Waals surface area contributed by atoms with Crippen LogP contribution in [0.4, 0.5) is 0 Å². The number of esters is 1.